The highest BCUT2D eigenvalue weighted by Gasteiger charge is 2.33. The first-order valence-electron chi connectivity index (χ1n) is 6.23. The van der Waals surface area contributed by atoms with Crippen LogP contribution < -0.4 is 5.32 Å². The van der Waals surface area contributed by atoms with Crippen LogP contribution in [0.25, 0.3) is 0 Å². The van der Waals surface area contributed by atoms with Crippen LogP contribution >= 0.6 is 11.6 Å². The molecular weight excluding hydrogens is 289 g/mol. The van der Waals surface area contributed by atoms with E-state index in [0.717, 1.165) is 0 Å². The Balaban J connectivity index is 2.13. The second kappa shape index (κ2) is 5.77. The van der Waals surface area contributed by atoms with Crippen molar-refractivity contribution < 1.29 is 12.8 Å². The molecule has 1 saturated heterocycles. The Bertz CT molecular complexity index is 562. The maximum Gasteiger partial charge on any atom is 0.150 e. The Morgan fingerprint density at radius 3 is 2.84 bits per heavy atom. The van der Waals surface area contributed by atoms with Gasteiger partial charge in [-0.1, -0.05) is 11.6 Å². The topological polar surface area (TPSA) is 46.2 Å². The van der Waals surface area contributed by atoms with Gasteiger partial charge in [0, 0.05) is 11.1 Å². The normalized spacial score (nSPS) is 23.4. The summed E-state index contributed by atoms with van der Waals surface area (Å²) in [5.74, 6) is 0.146. The highest BCUT2D eigenvalue weighted by atomic mass is 35.5. The molecule has 2 unspecified atom stereocenters. The van der Waals surface area contributed by atoms with Gasteiger partial charge in [0.1, 0.15) is 5.82 Å². The maximum atomic E-state index is 13.7. The van der Waals surface area contributed by atoms with Crippen molar-refractivity contribution >= 4 is 21.4 Å². The standard InChI is InChI=1S/C13H17ClFNO2S/c1-16-13(9-4-5-19(17,18)8-9)7-10-6-11(14)2-3-12(10)15/h2-3,6,9,13,16H,4-5,7-8H2,1H3. The monoisotopic (exact) mass is 305 g/mol. The number of rotatable bonds is 4. The van der Waals surface area contributed by atoms with Crippen LogP contribution in [0, 0.1) is 11.7 Å². The third kappa shape index (κ3) is 3.68. The number of nitrogens with one attached hydrogen (secondary N) is 1. The van der Waals surface area contributed by atoms with E-state index in [9.17, 15) is 12.8 Å². The van der Waals surface area contributed by atoms with Crippen molar-refractivity contribution in [3.8, 4) is 0 Å². The van der Waals surface area contributed by atoms with Gasteiger partial charge >= 0.3 is 0 Å². The average Bonchev–Trinajstić information content (AvgIpc) is 2.70. The fourth-order valence-electron chi connectivity index (χ4n) is 2.58. The van der Waals surface area contributed by atoms with Crippen LogP contribution in [0.3, 0.4) is 0 Å². The summed E-state index contributed by atoms with van der Waals surface area (Å²) in [7, 11) is -1.15. The van der Waals surface area contributed by atoms with Gasteiger partial charge in [-0.2, -0.15) is 0 Å². The molecule has 1 aliphatic heterocycles. The van der Waals surface area contributed by atoms with Gasteiger partial charge in [0.15, 0.2) is 9.84 Å². The largest absolute Gasteiger partial charge is 0.316 e. The third-order valence-electron chi connectivity index (χ3n) is 3.66. The minimum Gasteiger partial charge on any atom is -0.316 e. The van der Waals surface area contributed by atoms with Crippen LogP contribution in [0.4, 0.5) is 4.39 Å². The molecule has 2 rings (SSSR count). The molecule has 19 heavy (non-hydrogen) atoms. The van der Waals surface area contributed by atoms with E-state index in [2.05, 4.69) is 5.32 Å². The number of benzene rings is 1. The predicted octanol–water partition coefficient (Wildman–Crippen LogP) is 2.04. The summed E-state index contributed by atoms with van der Waals surface area (Å²) in [6.45, 7) is 0. The number of hydrogen-bond donors (Lipinski definition) is 1. The van der Waals surface area contributed by atoms with Crippen LogP contribution in [-0.2, 0) is 16.3 Å². The molecule has 0 amide bonds. The number of halogens is 2. The van der Waals surface area contributed by atoms with Gasteiger partial charge in [0.25, 0.3) is 0 Å². The molecule has 1 aliphatic rings. The van der Waals surface area contributed by atoms with Gasteiger partial charge in [-0.3, -0.25) is 0 Å². The lowest BCUT2D eigenvalue weighted by Crippen LogP contribution is -2.36. The molecule has 1 aromatic rings. The molecule has 0 bridgehead atoms. The maximum absolute atomic E-state index is 13.7. The molecule has 0 radical (unpaired) electrons. The first-order valence-corrected chi connectivity index (χ1v) is 8.43. The summed E-state index contributed by atoms with van der Waals surface area (Å²) in [6.07, 6.45) is 1.08. The predicted molar refractivity (Wildman–Crippen MR) is 74.7 cm³/mol. The van der Waals surface area contributed by atoms with Crippen molar-refractivity contribution in [1.29, 1.82) is 0 Å². The molecule has 3 nitrogen and oxygen atoms in total. The molecule has 6 heteroatoms. The molecule has 106 valence electrons. The summed E-state index contributed by atoms with van der Waals surface area (Å²) >= 11 is 5.87. The Labute approximate surface area is 118 Å². The molecule has 0 aliphatic carbocycles. The van der Waals surface area contributed by atoms with Crippen LogP contribution in [0.1, 0.15) is 12.0 Å². The zero-order valence-corrected chi connectivity index (χ0v) is 12.3. The lowest BCUT2D eigenvalue weighted by Gasteiger charge is -2.22. The number of hydrogen-bond acceptors (Lipinski definition) is 3. The van der Waals surface area contributed by atoms with Crippen LogP contribution in [-0.4, -0.2) is 33.0 Å². The molecule has 0 saturated carbocycles. The summed E-state index contributed by atoms with van der Waals surface area (Å²) < 4.78 is 36.7. The smallest absolute Gasteiger partial charge is 0.150 e. The van der Waals surface area contributed by atoms with Gasteiger partial charge in [0.05, 0.1) is 11.5 Å². The second-order valence-corrected chi connectivity index (χ2v) is 7.66. The molecule has 2 atom stereocenters. The first-order chi connectivity index (χ1) is 8.91. The van der Waals surface area contributed by atoms with Gasteiger partial charge in [-0.05, 0) is 49.6 Å². The minimum atomic E-state index is -2.92. The fourth-order valence-corrected chi connectivity index (χ4v) is 4.66. The van der Waals surface area contributed by atoms with Crippen molar-refractivity contribution in [3.63, 3.8) is 0 Å². The molecule has 1 N–H and O–H groups in total. The van der Waals surface area contributed by atoms with E-state index in [4.69, 9.17) is 11.6 Å². The molecule has 0 spiro atoms. The Morgan fingerprint density at radius 2 is 2.26 bits per heavy atom. The fraction of sp³-hybridized carbons (Fsp3) is 0.538. The Hall–Kier alpha value is -0.650. The summed E-state index contributed by atoms with van der Waals surface area (Å²) in [6, 6.07) is 4.40. The quantitative estimate of drug-likeness (QED) is 0.926. The zero-order valence-electron chi connectivity index (χ0n) is 10.7. The van der Waals surface area contributed by atoms with Crippen LogP contribution in [0.5, 0.6) is 0 Å². The van der Waals surface area contributed by atoms with E-state index < -0.39 is 9.84 Å². The van der Waals surface area contributed by atoms with Crippen molar-refractivity contribution in [2.24, 2.45) is 5.92 Å². The Morgan fingerprint density at radius 1 is 1.53 bits per heavy atom. The van der Waals surface area contributed by atoms with Crippen molar-refractivity contribution in [2.45, 2.75) is 18.9 Å². The molecule has 1 aromatic carbocycles. The van der Waals surface area contributed by atoms with Crippen molar-refractivity contribution in [3.05, 3.63) is 34.6 Å². The van der Waals surface area contributed by atoms with Gasteiger partial charge < -0.3 is 5.32 Å². The molecule has 1 heterocycles. The van der Waals surface area contributed by atoms with Crippen LogP contribution in [0.15, 0.2) is 18.2 Å². The third-order valence-corrected chi connectivity index (χ3v) is 5.68. The van der Waals surface area contributed by atoms with Crippen LogP contribution in [0.2, 0.25) is 5.02 Å². The molecule has 1 fully saturated rings. The van der Waals surface area contributed by atoms with Crippen molar-refractivity contribution in [2.75, 3.05) is 18.6 Å². The average molecular weight is 306 g/mol. The van der Waals surface area contributed by atoms with E-state index in [1.807, 2.05) is 0 Å². The molecular formula is C13H17ClFNO2S. The molecule has 0 aromatic heterocycles. The number of sulfone groups is 1. The highest BCUT2D eigenvalue weighted by molar-refractivity contribution is 7.91. The highest BCUT2D eigenvalue weighted by Crippen LogP contribution is 2.25. The van der Waals surface area contributed by atoms with E-state index in [-0.39, 0.29) is 29.3 Å². The van der Waals surface area contributed by atoms with Gasteiger partial charge in [0.2, 0.25) is 0 Å². The Kier molecular flexibility index (Phi) is 4.48. The SMILES string of the molecule is CNC(Cc1cc(Cl)ccc1F)C1CCS(=O)(=O)C1. The zero-order chi connectivity index (χ0) is 14.0. The van der Waals surface area contributed by atoms with Gasteiger partial charge in [-0.25, -0.2) is 12.8 Å². The lowest BCUT2D eigenvalue weighted by molar-refractivity contribution is 0.398. The lowest BCUT2D eigenvalue weighted by atomic mass is 9.93. The van der Waals surface area contributed by atoms with E-state index >= 15 is 0 Å². The van der Waals surface area contributed by atoms with Gasteiger partial charge in [-0.15, -0.1) is 0 Å². The van der Waals surface area contributed by atoms with E-state index in [1.54, 1.807) is 13.1 Å². The van der Waals surface area contributed by atoms with E-state index in [0.29, 0.717) is 23.4 Å². The minimum absolute atomic E-state index is 0.0355. The summed E-state index contributed by atoms with van der Waals surface area (Å²) in [4.78, 5) is 0. The summed E-state index contributed by atoms with van der Waals surface area (Å²) in [5.41, 5.74) is 0.524. The second-order valence-electron chi connectivity index (χ2n) is 5.00. The first kappa shape index (κ1) is 14.8. The van der Waals surface area contributed by atoms with Crippen molar-refractivity contribution in [1.82, 2.24) is 5.32 Å². The van der Waals surface area contributed by atoms with E-state index in [1.165, 1.54) is 12.1 Å². The summed E-state index contributed by atoms with van der Waals surface area (Å²) in [5, 5.41) is 3.59. The number of likely N-dealkylation sites (N-methyl/N-ethyl adjacent to an activating group) is 1.